The third-order valence-electron chi connectivity index (χ3n) is 3.45. The number of hydrogen-bond donors (Lipinski definition) is 2. The van der Waals surface area contributed by atoms with E-state index >= 15 is 0 Å². The summed E-state index contributed by atoms with van der Waals surface area (Å²) in [6.07, 6.45) is 3.79. The van der Waals surface area contributed by atoms with Gasteiger partial charge in [-0.05, 0) is 32.0 Å². The molecule has 5 nitrogen and oxygen atoms in total. The molecule has 18 heavy (non-hydrogen) atoms. The number of rotatable bonds is 4. The van der Waals surface area contributed by atoms with Crippen LogP contribution in [0, 0.1) is 0 Å². The molecule has 98 valence electrons. The monoisotopic (exact) mass is 249 g/mol. The second kappa shape index (κ2) is 5.82. The number of aromatic amines is 1. The maximum atomic E-state index is 11.9. The van der Waals surface area contributed by atoms with E-state index in [0.29, 0.717) is 18.2 Å². The average molecular weight is 249 g/mol. The summed E-state index contributed by atoms with van der Waals surface area (Å²) in [4.78, 5) is 27.6. The lowest BCUT2D eigenvalue weighted by Gasteiger charge is -2.22. The minimum absolute atomic E-state index is 0.130. The largest absolute Gasteiger partial charge is 0.350 e. The Hall–Kier alpha value is -1.62. The van der Waals surface area contributed by atoms with Crippen molar-refractivity contribution in [2.75, 3.05) is 19.6 Å². The van der Waals surface area contributed by atoms with E-state index in [-0.39, 0.29) is 11.5 Å². The Bertz CT molecular complexity index is 449. The summed E-state index contributed by atoms with van der Waals surface area (Å²) >= 11 is 0. The van der Waals surface area contributed by atoms with Crippen LogP contribution in [0.25, 0.3) is 0 Å². The van der Waals surface area contributed by atoms with Gasteiger partial charge < -0.3 is 10.3 Å². The molecule has 1 aromatic heterocycles. The first-order valence-electron chi connectivity index (χ1n) is 6.41. The van der Waals surface area contributed by atoms with Crippen LogP contribution >= 0.6 is 0 Å². The van der Waals surface area contributed by atoms with E-state index in [1.165, 1.54) is 18.7 Å². The maximum Gasteiger partial charge on any atom is 0.252 e. The minimum Gasteiger partial charge on any atom is -0.350 e. The predicted octanol–water partition coefficient (Wildman–Crippen LogP) is 0.589. The van der Waals surface area contributed by atoms with Gasteiger partial charge in [0.25, 0.3) is 5.91 Å². The molecule has 1 aliphatic heterocycles. The lowest BCUT2D eigenvalue weighted by Crippen LogP contribution is -2.40. The van der Waals surface area contributed by atoms with Gasteiger partial charge >= 0.3 is 0 Å². The molecule has 5 heteroatoms. The van der Waals surface area contributed by atoms with Gasteiger partial charge in [0.2, 0.25) is 5.56 Å². The molecule has 0 spiro atoms. The molecule has 1 aromatic rings. The van der Waals surface area contributed by atoms with Gasteiger partial charge in [-0.1, -0.05) is 6.92 Å². The molecule has 1 fully saturated rings. The smallest absolute Gasteiger partial charge is 0.252 e. The number of likely N-dealkylation sites (N-methyl/N-ethyl adjacent to an activating group) is 1. The Balaban J connectivity index is 1.88. The molecule has 0 saturated carbocycles. The normalized spacial score (nSPS) is 19.9. The number of hydrogen-bond acceptors (Lipinski definition) is 3. The van der Waals surface area contributed by atoms with Crippen LogP contribution in [0.3, 0.4) is 0 Å². The van der Waals surface area contributed by atoms with Crippen LogP contribution < -0.4 is 10.9 Å². The van der Waals surface area contributed by atoms with Crippen molar-refractivity contribution in [3.05, 3.63) is 34.2 Å². The van der Waals surface area contributed by atoms with Gasteiger partial charge in [-0.25, -0.2) is 0 Å². The molecule has 2 rings (SSSR count). The molecule has 1 saturated heterocycles. The number of nitrogens with one attached hydrogen (secondary N) is 2. The fourth-order valence-corrected chi connectivity index (χ4v) is 2.41. The summed E-state index contributed by atoms with van der Waals surface area (Å²) < 4.78 is 0. The second-order valence-corrected chi connectivity index (χ2v) is 4.58. The van der Waals surface area contributed by atoms with Crippen molar-refractivity contribution in [1.29, 1.82) is 0 Å². The van der Waals surface area contributed by atoms with Crippen molar-refractivity contribution in [1.82, 2.24) is 15.2 Å². The predicted molar refractivity (Wildman–Crippen MR) is 69.7 cm³/mol. The fourth-order valence-electron chi connectivity index (χ4n) is 2.41. The Morgan fingerprint density at radius 1 is 1.56 bits per heavy atom. The van der Waals surface area contributed by atoms with Crippen molar-refractivity contribution in [3.63, 3.8) is 0 Å². The number of nitrogens with zero attached hydrogens (tertiary/aromatic N) is 1. The molecule has 0 bridgehead atoms. The molecule has 2 N–H and O–H groups in total. The average Bonchev–Trinajstić information content (AvgIpc) is 2.84. The van der Waals surface area contributed by atoms with E-state index in [1.54, 1.807) is 6.07 Å². The number of carbonyl (C=O) groups is 1. The van der Waals surface area contributed by atoms with E-state index in [4.69, 9.17) is 0 Å². The number of aromatic nitrogens is 1. The minimum atomic E-state index is -0.195. The van der Waals surface area contributed by atoms with Gasteiger partial charge in [-0.3, -0.25) is 14.5 Å². The lowest BCUT2D eigenvalue weighted by atomic mass is 10.2. The van der Waals surface area contributed by atoms with Crippen LogP contribution in [0.1, 0.15) is 30.1 Å². The van der Waals surface area contributed by atoms with Crippen LogP contribution in [-0.2, 0) is 0 Å². The van der Waals surface area contributed by atoms with Gasteiger partial charge in [-0.2, -0.15) is 0 Å². The quantitative estimate of drug-likeness (QED) is 0.820. The standard InChI is InChI=1S/C13H19N3O2/c1-2-16-7-3-4-11(16)9-15-13(18)10-5-6-12(17)14-8-10/h5-6,8,11H,2-4,7,9H2,1H3,(H,14,17)(H,15,18). The molecule has 0 aliphatic carbocycles. The van der Waals surface area contributed by atoms with E-state index in [0.717, 1.165) is 19.5 Å². The molecule has 1 unspecified atom stereocenters. The highest BCUT2D eigenvalue weighted by Crippen LogP contribution is 2.15. The first-order valence-corrected chi connectivity index (χ1v) is 6.41. The zero-order chi connectivity index (χ0) is 13.0. The number of H-pyrrole nitrogens is 1. The topological polar surface area (TPSA) is 65.2 Å². The van der Waals surface area contributed by atoms with Gasteiger partial charge in [0.1, 0.15) is 0 Å². The van der Waals surface area contributed by atoms with Crippen molar-refractivity contribution in [2.24, 2.45) is 0 Å². The number of pyridine rings is 1. The highest BCUT2D eigenvalue weighted by Gasteiger charge is 2.23. The van der Waals surface area contributed by atoms with Crippen molar-refractivity contribution < 1.29 is 4.79 Å². The van der Waals surface area contributed by atoms with Crippen LogP contribution in [0.15, 0.2) is 23.1 Å². The molecule has 1 aliphatic rings. The SMILES string of the molecule is CCN1CCCC1CNC(=O)c1ccc(=O)[nH]c1. The first kappa shape index (κ1) is 12.8. The van der Waals surface area contributed by atoms with Gasteiger partial charge in [0, 0.05) is 24.8 Å². The summed E-state index contributed by atoms with van der Waals surface area (Å²) in [5.41, 5.74) is 0.301. The van der Waals surface area contributed by atoms with Crippen LogP contribution in [0.5, 0.6) is 0 Å². The highest BCUT2D eigenvalue weighted by molar-refractivity contribution is 5.93. The van der Waals surface area contributed by atoms with Crippen LogP contribution in [0.4, 0.5) is 0 Å². The summed E-state index contributed by atoms with van der Waals surface area (Å²) in [5, 5.41) is 2.92. The molecule has 1 atom stereocenters. The number of likely N-dealkylation sites (tertiary alicyclic amines) is 1. The van der Waals surface area contributed by atoms with E-state index in [2.05, 4.69) is 22.1 Å². The highest BCUT2D eigenvalue weighted by atomic mass is 16.1. The second-order valence-electron chi connectivity index (χ2n) is 4.58. The zero-order valence-corrected chi connectivity index (χ0v) is 10.6. The van der Waals surface area contributed by atoms with Crippen molar-refractivity contribution in [3.8, 4) is 0 Å². The molecule has 1 amide bonds. The maximum absolute atomic E-state index is 11.9. The Labute approximate surface area is 106 Å². The first-order chi connectivity index (χ1) is 8.70. The lowest BCUT2D eigenvalue weighted by molar-refractivity contribution is 0.0941. The molecular formula is C13H19N3O2. The third kappa shape index (κ3) is 2.98. The summed E-state index contributed by atoms with van der Waals surface area (Å²) in [6.45, 7) is 4.96. The van der Waals surface area contributed by atoms with Crippen molar-refractivity contribution >= 4 is 5.91 Å². The Morgan fingerprint density at radius 3 is 3.06 bits per heavy atom. The third-order valence-corrected chi connectivity index (χ3v) is 3.45. The number of amides is 1. The van der Waals surface area contributed by atoms with Crippen molar-refractivity contribution in [2.45, 2.75) is 25.8 Å². The summed E-state index contributed by atoms with van der Waals surface area (Å²) in [6, 6.07) is 3.35. The van der Waals surface area contributed by atoms with Gasteiger partial charge in [-0.15, -0.1) is 0 Å². The Morgan fingerprint density at radius 2 is 2.39 bits per heavy atom. The Kier molecular flexibility index (Phi) is 4.15. The molecule has 0 aromatic carbocycles. The van der Waals surface area contributed by atoms with E-state index < -0.39 is 0 Å². The molecule has 2 heterocycles. The van der Waals surface area contributed by atoms with Crippen LogP contribution in [0.2, 0.25) is 0 Å². The van der Waals surface area contributed by atoms with E-state index in [9.17, 15) is 9.59 Å². The van der Waals surface area contributed by atoms with Gasteiger partial charge in [0.15, 0.2) is 0 Å². The van der Waals surface area contributed by atoms with E-state index in [1.807, 2.05) is 0 Å². The summed E-state index contributed by atoms with van der Waals surface area (Å²) in [7, 11) is 0. The van der Waals surface area contributed by atoms with Crippen LogP contribution in [-0.4, -0.2) is 41.5 Å². The zero-order valence-electron chi connectivity index (χ0n) is 10.6. The summed E-state index contributed by atoms with van der Waals surface area (Å²) in [5.74, 6) is -0.130. The fraction of sp³-hybridized carbons (Fsp3) is 0.538. The van der Waals surface area contributed by atoms with Gasteiger partial charge in [0.05, 0.1) is 5.56 Å². The molecular weight excluding hydrogens is 230 g/mol. The number of carbonyl (C=O) groups excluding carboxylic acids is 1. The molecule has 0 radical (unpaired) electrons.